The van der Waals surface area contributed by atoms with Crippen LogP contribution in [-0.4, -0.2) is 37.7 Å². The maximum atomic E-state index is 5.65. The summed E-state index contributed by atoms with van der Waals surface area (Å²) in [5.74, 6) is 1.99. The van der Waals surface area contributed by atoms with Crippen molar-refractivity contribution in [1.29, 1.82) is 0 Å². The minimum atomic E-state index is 0. The molecule has 0 spiro atoms. The molecule has 25 heavy (non-hydrogen) atoms. The first-order chi connectivity index (χ1) is 11.8. The average Bonchev–Trinajstić information content (AvgIpc) is 3.46. The molecule has 0 unspecified atom stereocenters. The molecule has 1 aliphatic carbocycles. The van der Waals surface area contributed by atoms with Gasteiger partial charge in [0.05, 0.1) is 7.11 Å². The molecule has 2 aromatic rings. The largest absolute Gasteiger partial charge is 0.496 e. The number of fused-ring (bicyclic) bond motifs is 1. The lowest BCUT2D eigenvalue weighted by Gasteiger charge is -2.33. The Hall–Kier alpha value is -1.29. The Bertz CT molecular complexity index is 693. The number of halogens is 1. The van der Waals surface area contributed by atoms with Crippen LogP contribution in [0.5, 0.6) is 5.75 Å². The van der Waals surface area contributed by atoms with Crippen LogP contribution in [0.4, 0.5) is 0 Å². The molecule has 2 aliphatic rings. The molecule has 0 bridgehead atoms. The quantitative estimate of drug-likeness (QED) is 0.834. The van der Waals surface area contributed by atoms with Crippen LogP contribution in [-0.2, 0) is 6.54 Å². The normalized spacial score (nSPS) is 18.9. The van der Waals surface area contributed by atoms with E-state index in [9.17, 15) is 0 Å². The maximum absolute atomic E-state index is 5.65. The second kappa shape index (κ2) is 8.39. The van der Waals surface area contributed by atoms with Crippen molar-refractivity contribution in [3.63, 3.8) is 0 Å². The highest BCUT2D eigenvalue weighted by Gasteiger charge is 2.25. The third-order valence-electron chi connectivity index (χ3n) is 5.58. The lowest BCUT2D eigenvalue weighted by atomic mass is 10.0. The van der Waals surface area contributed by atoms with Crippen LogP contribution in [0, 0.1) is 5.92 Å². The smallest absolute Gasteiger partial charge is 0.123 e. The minimum absolute atomic E-state index is 0. The van der Waals surface area contributed by atoms with Crippen molar-refractivity contribution in [1.82, 2.24) is 10.2 Å². The van der Waals surface area contributed by atoms with Gasteiger partial charge in [-0.3, -0.25) is 4.90 Å². The zero-order valence-corrected chi connectivity index (χ0v) is 15.9. The number of likely N-dealkylation sites (tertiary alicyclic amines) is 1. The second-order valence-electron chi connectivity index (χ2n) is 7.37. The van der Waals surface area contributed by atoms with Gasteiger partial charge >= 0.3 is 0 Å². The van der Waals surface area contributed by atoms with E-state index in [1.165, 1.54) is 61.7 Å². The zero-order valence-electron chi connectivity index (χ0n) is 15.0. The van der Waals surface area contributed by atoms with Crippen LogP contribution in [0.1, 0.15) is 31.2 Å². The van der Waals surface area contributed by atoms with Gasteiger partial charge in [0.2, 0.25) is 0 Å². The highest BCUT2D eigenvalue weighted by molar-refractivity contribution is 5.87. The van der Waals surface area contributed by atoms with E-state index in [2.05, 4.69) is 46.6 Å². The third kappa shape index (κ3) is 4.46. The molecular weight excluding hydrogens is 332 g/mol. The topological polar surface area (TPSA) is 24.5 Å². The Kier molecular flexibility index (Phi) is 6.21. The van der Waals surface area contributed by atoms with E-state index in [-0.39, 0.29) is 12.4 Å². The summed E-state index contributed by atoms with van der Waals surface area (Å²) in [5, 5.41) is 6.39. The Morgan fingerprint density at radius 3 is 2.52 bits per heavy atom. The van der Waals surface area contributed by atoms with Crippen LogP contribution in [0.2, 0.25) is 0 Å². The zero-order chi connectivity index (χ0) is 16.4. The second-order valence-corrected chi connectivity index (χ2v) is 7.37. The third-order valence-corrected chi connectivity index (χ3v) is 5.58. The Balaban J connectivity index is 0.00000182. The predicted molar refractivity (Wildman–Crippen MR) is 107 cm³/mol. The van der Waals surface area contributed by atoms with Crippen LogP contribution in [0.25, 0.3) is 10.8 Å². The number of rotatable bonds is 6. The SMILES string of the molecule is COc1ccc2ccccc2c1CN1CCC(NCC2CC2)CC1.Cl. The molecule has 4 heteroatoms. The molecule has 0 radical (unpaired) electrons. The molecule has 0 amide bonds. The van der Waals surface area contributed by atoms with Gasteiger partial charge in [0.25, 0.3) is 0 Å². The lowest BCUT2D eigenvalue weighted by Crippen LogP contribution is -2.42. The van der Waals surface area contributed by atoms with Gasteiger partial charge in [0.1, 0.15) is 5.75 Å². The Labute approximate surface area is 157 Å². The van der Waals surface area contributed by atoms with Crippen LogP contribution < -0.4 is 10.1 Å². The highest BCUT2D eigenvalue weighted by Crippen LogP contribution is 2.30. The van der Waals surface area contributed by atoms with Gasteiger partial charge in [-0.05, 0) is 68.1 Å². The Morgan fingerprint density at radius 1 is 1.04 bits per heavy atom. The molecule has 2 fully saturated rings. The van der Waals surface area contributed by atoms with Crippen molar-refractivity contribution in [2.75, 3.05) is 26.7 Å². The molecule has 1 aliphatic heterocycles. The molecule has 1 saturated carbocycles. The molecule has 0 atom stereocenters. The van der Waals surface area contributed by atoms with Crippen molar-refractivity contribution in [3.8, 4) is 5.75 Å². The number of methoxy groups -OCH3 is 1. The Morgan fingerprint density at radius 2 is 1.80 bits per heavy atom. The average molecular weight is 361 g/mol. The van der Waals surface area contributed by atoms with E-state index < -0.39 is 0 Å². The van der Waals surface area contributed by atoms with Gasteiger partial charge in [0.15, 0.2) is 0 Å². The van der Waals surface area contributed by atoms with Crippen molar-refractivity contribution >= 4 is 23.2 Å². The standard InChI is InChI=1S/C21H28N2O.ClH/c1-24-21-9-8-17-4-2-3-5-19(17)20(21)15-23-12-10-18(11-13-23)22-14-16-6-7-16;/h2-5,8-9,16,18,22H,6-7,10-15H2,1H3;1H. The molecule has 3 nitrogen and oxygen atoms in total. The van der Waals surface area contributed by atoms with Gasteiger partial charge in [-0.15, -0.1) is 12.4 Å². The summed E-state index contributed by atoms with van der Waals surface area (Å²) in [6.45, 7) is 4.57. The van der Waals surface area contributed by atoms with Gasteiger partial charge in [-0.25, -0.2) is 0 Å². The summed E-state index contributed by atoms with van der Waals surface area (Å²) in [6, 6.07) is 13.6. The first kappa shape index (κ1) is 18.5. The summed E-state index contributed by atoms with van der Waals surface area (Å²) < 4.78 is 5.65. The number of nitrogens with one attached hydrogen (secondary N) is 1. The highest BCUT2D eigenvalue weighted by atomic mass is 35.5. The summed E-state index contributed by atoms with van der Waals surface area (Å²) in [7, 11) is 1.78. The van der Waals surface area contributed by atoms with E-state index in [1.807, 2.05) is 0 Å². The summed E-state index contributed by atoms with van der Waals surface area (Å²) in [6.07, 6.45) is 5.40. The van der Waals surface area contributed by atoms with Crippen molar-refractivity contribution in [3.05, 3.63) is 42.0 Å². The number of ether oxygens (including phenoxy) is 1. The van der Waals surface area contributed by atoms with E-state index in [1.54, 1.807) is 7.11 Å². The van der Waals surface area contributed by atoms with E-state index in [0.717, 1.165) is 24.3 Å². The van der Waals surface area contributed by atoms with Crippen molar-refractivity contribution in [2.45, 2.75) is 38.3 Å². The molecule has 4 rings (SSSR count). The molecule has 2 aromatic carbocycles. The van der Waals surface area contributed by atoms with E-state index in [0.29, 0.717) is 0 Å². The number of hydrogen-bond acceptors (Lipinski definition) is 3. The number of hydrogen-bond donors (Lipinski definition) is 1. The van der Waals surface area contributed by atoms with E-state index in [4.69, 9.17) is 4.74 Å². The van der Waals surface area contributed by atoms with Crippen molar-refractivity contribution in [2.24, 2.45) is 5.92 Å². The fraction of sp³-hybridized carbons (Fsp3) is 0.524. The van der Waals surface area contributed by atoms with Gasteiger partial charge in [-0.1, -0.05) is 30.3 Å². The van der Waals surface area contributed by atoms with Gasteiger partial charge in [-0.2, -0.15) is 0 Å². The maximum Gasteiger partial charge on any atom is 0.123 e. The van der Waals surface area contributed by atoms with Crippen LogP contribution >= 0.6 is 12.4 Å². The first-order valence-electron chi connectivity index (χ1n) is 9.34. The molecular formula is C21H29ClN2O. The van der Waals surface area contributed by atoms with Gasteiger partial charge < -0.3 is 10.1 Å². The van der Waals surface area contributed by atoms with E-state index >= 15 is 0 Å². The molecule has 136 valence electrons. The fourth-order valence-corrected chi connectivity index (χ4v) is 3.84. The van der Waals surface area contributed by atoms with Crippen LogP contribution in [0.15, 0.2) is 36.4 Å². The molecule has 1 N–H and O–H groups in total. The fourth-order valence-electron chi connectivity index (χ4n) is 3.84. The number of nitrogens with zero attached hydrogens (tertiary/aromatic N) is 1. The molecule has 1 heterocycles. The molecule has 0 aromatic heterocycles. The van der Waals surface area contributed by atoms with Crippen LogP contribution in [0.3, 0.4) is 0 Å². The lowest BCUT2D eigenvalue weighted by molar-refractivity contribution is 0.189. The molecule has 1 saturated heterocycles. The van der Waals surface area contributed by atoms with Crippen molar-refractivity contribution < 1.29 is 4.74 Å². The monoisotopic (exact) mass is 360 g/mol. The minimum Gasteiger partial charge on any atom is -0.496 e. The summed E-state index contributed by atoms with van der Waals surface area (Å²) in [5.41, 5.74) is 1.33. The number of benzene rings is 2. The summed E-state index contributed by atoms with van der Waals surface area (Å²) in [4.78, 5) is 2.58. The summed E-state index contributed by atoms with van der Waals surface area (Å²) >= 11 is 0. The number of piperidine rings is 1. The predicted octanol–water partition coefficient (Wildman–Crippen LogP) is 4.23. The van der Waals surface area contributed by atoms with Gasteiger partial charge in [0, 0.05) is 18.2 Å². The first-order valence-corrected chi connectivity index (χ1v) is 9.34.